The standard InChI is InChI=1S/C19H25BrN4O3S/c1-3-27-12-18-23-17-11-22-16-10-14(20)7-8-15(16)19(17)24(18)13(2)6-4-5-9-28(21,25)26/h7-8,10-11,13H,3-6,9,12H2,1-2H3,(H2,21,25,26). The smallest absolute Gasteiger partial charge is 0.209 e. The van der Waals surface area contributed by atoms with Gasteiger partial charge in [-0.05, 0) is 44.9 Å². The molecule has 3 rings (SSSR count). The summed E-state index contributed by atoms with van der Waals surface area (Å²) in [7, 11) is -3.42. The quantitative estimate of drug-likeness (QED) is 0.479. The van der Waals surface area contributed by atoms with Crippen molar-refractivity contribution in [1.29, 1.82) is 0 Å². The Kier molecular flexibility index (Phi) is 6.69. The Morgan fingerprint density at radius 2 is 2.07 bits per heavy atom. The predicted octanol–water partition coefficient (Wildman–Crippen LogP) is 3.90. The molecule has 0 bridgehead atoms. The molecule has 0 amide bonds. The van der Waals surface area contributed by atoms with Crippen LogP contribution in [0.2, 0.25) is 0 Å². The minimum Gasteiger partial charge on any atom is -0.374 e. The van der Waals surface area contributed by atoms with Crippen LogP contribution >= 0.6 is 15.9 Å². The Hall–Kier alpha value is -1.55. The number of nitrogens with two attached hydrogens (primary N) is 1. The molecule has 2 aromatic heterocycles. The SMILES string of the molecule is CCOCc1nc2cnc3cc(Br)ccc3c2n1C(C)CCCCS(N)(=O)=O. The van der Waals surface area contributed by atoms with E-state index in [1.807, 2.05) is 25.1 Å². The summed E-state index contributed by atoms with van der Waals surface area (Å²) < 4.78 is 31.1. The van der Waals surface area contributed by atoms with E-state index in [0.717, 1.165) is 45.1 Å². The topological polar surface area (TPSA) is 100 Å². The second-order valence-corrected chi connectivity index (χ2v) is 9.55. The van der Waals surface area contributed by atoms with E-state index in [9.17, 15) is 8.42 Å². The summed E-state index contributed by atoms with van der Waals surface area (Å²) in [5.41, 5.74) is 2.76. The van der Waals surface area contributed by atoms with Crippen LogP contribution in [0, 0.1) is 0 Å². The second kappa shape index (κ2) is 8.86. The highest BCUT2D eigenvalue weighted by atomic mass is 79.9. The van der Waals surface area contributed by atoms with Gasteiger partial charge in [0.25, 0.3) is 0 Å². The lowest BCUT2D eigenvalue weighted by Gasteiger charge is -2.18. The number of ether oxygens (including phenoxy) is 1. The number of hydrogen-bond donors (Lipinski definition) is 1. The van der Waals surface area contributed by atoms with Crippen LogP contribution in [0.5, 0.6) is 0 Å². The fourth-order valence-corrected chi connectivity index (χ4v) is 4.40. The van der Waals surface area contributed by atoms with Gasteiger partial charge in [-0.15, -0.1) is 0 Å². The first kappa shape index (κ1) is 21.2. The molecule has 0 radical (unpaired) electrons. The maximum Gasteiger partial charge on any atom is 0.209 e. The van der Waals surface area contributed by atoms with Crippen molar-refractivity contribution in [2.45, 2.75) is 45.8 Å². The average molecular weight is 469 g/mol. The minimum absolute atomic E-state index is 0.0110. The molecule has 1 unspecified atom stereocenters. The molecular formula is C19H25BrN4O3S. The van der Waals surface area contributed by atoms with Crippen LogP contribution in [0.25, 0.3) is 21.9 Å². The fourth-order valence-electron chi connectivity index (χ4n) is 3.44. The zero-order valence-electron chi connectivity index (χ0n) is 16.1. The predicted molar refractivity (Wildman–Crippen MR) is 115 cm³/mol. The van der Waals surface area contributed by atoms with Gasteiger partial charge in [0, 0.05) is 22.5 Å². The second-order valence-electron chi connectivity index (χ2n) is 6.90. The number of unbranched alkanes of at least 4 members (excludes halogenated alkanes) is 1. The van der Waals surface area contributed by atoms with Crippen molar-refractivity contribution < 1.29 is 13.2 Å². The summed E-state index contributed by atoms with van der Waals surface area (Å²) in [6.07, 6.45) is 3.93. The van der Waals surface area contributed by atoms with Gasteiger partial charge in [-0.2, -0.15) is 0 Å². The van der Waals surface area contributed by atoms with Crippen molar-refractivity contribution in [3.63, 3.8) is 0 Å². The van der Waals surface area contributed by atoms with Crippen LogP contribution in [0.1, 0.15) is 45.0 Å². The summed E-state index contributed by atoms with van der Waals surface area (Å²) in [6, 6.07) is 6.17. The number of primary sulfonamides is 1. The van der Waals surface area contributed by atoms with E-state index >= 15 is 0 Å². The average Bonchev–Trinajstić information content (AvgIpc) is 3.01. The van der Waals surface area contributed by atoms with Crippen LogP contribution in [0.15, 0.2) is 28.9 Å². The van der Waals surface area contributed by atoms with E-state index in [2.05, 4.69) is 32.4 Å². The van der Waals surface area contributed by atoms with Crippen LogP contribution < -0.4 is 5.14 Å². The highest BCUT2D eigenvalue weighted by Gasteiger charge is 2.19. The van der Waals surface area contributed by atoms with Crippen LogP contribution in [-0.4, -0.2) is 35.3 Å². The van der Waals surface area contributed by atoms with Gasteiger partial charge in [0.2, 0.25) is 10.0 Å². The lowest BCUT2D eigenvalue weighted by atomic mass is 10.1. The van der Waals surface area contributed by atoms with Crippen molar-refractivity contribution >= 4 is 47.9 Å². The molecule has 2 N–H and O–H groups in total. The Balaban J connectivity index is 1.99. The molecule has 0 spiro atoms. The summed E-state index contributed by atoms with van der Waals surface area (Å²) in [5.74, 6) is 0.866. The molecular weight excluding hydrogens is 444 g/mol. The number of pyridine rings is 1. The zero-order valence-corrected chi connectivity index (χ0v) is 18.5. The number of aromatic nitrogens is 3. The highest BCUT2D eigenvalue weighted by Crippen LogP contribution is 2.31. The number of rotatable bonds is 9. The molecule has 0 saturated heterocycles. The van der Waals surface area contributed by atoms with Crippen LogP contribution in [-0.2, 0) is 21.4 Å². The van der Waals surface area contributed by atoms with Gasteiger partial charge in [0.1, 0.15) is 17.9 Å². The van der Waals surface area contributed by atoms with Crippen molar-refractivity contribution in [1.82, 2.24) is 14.5 Å². The number of imidazole rings is 1. The van der Waals surface area contributed by atoms with Gasteiger partial charge < -0.3 is 9.30 Å². The van der Waals surface area contributed by atoms with Crippen molar-refractivity contribution in [3.05, 3.63) is 34.7 Å². The molecule has 0 aliphatic heterocycles. The number of halogens is 1. The van der Waals surface area contributed by atoms with Gasteiger partial charge >= 0.3 is 0 Å². The van der Waals surface area contributed by atoms with Crippen molar-refractivity contribution in [3.8, 4) is 0 Å². The van der Waals surface area contributed by atoms with Crippen molar-refractivity contribution in [2.24, 2.45) is 5.14 Å². The molecule has 7 nitrogen and oxygen atoms in total. The lowest BCUT2D eigenvalue weighted by Crippen LogP contribution is -2.17. The first-order valence-electron chi connectivity index (χ1n) is 9.33. The summed E-state index contributed by atoms with van der Waals surface area (Å²) in [5, 5.41) is 6.14. The summed E-state index contributed by atoms with van der Waals surface area (Å²) in [4.78, 5) is 9.30. The van der Waals surface area contributed by atoms with E-state index in [4.69, 9.17) is 14.9 Å². The third-order valence-electron chi connectivity index (χ3n) is 4.73. The minimum atomic E-state index is -3.42. The monoisotopic (exact) mass is 468 g/mol. The number of fused-ring (bicyclic) bond motifs is 3. The van der Waals surface area contributed by atoms with Gasteiger partial charge in [-0.25, -0.2) is 18.5 Å². The molecule has 0 aliphatic carbocycles. The zero-order chi connectivity index (χ0) is 20.3. The summed E-state index contributed by atoms with van der Waals surface area (Å²) in [6.45, 7) is 5.11. The van der Waals surface area contributed by atoms with E-state index < -0.39 is 10.0 Å². The number of benzene rings is 1. The molecule has 3 aromatic rings. The number of nitrogens with zero attached hydrogens (tertiary/aromatic N) is 3. The molecule has 0 aliphatic rings. The molecule has 0 fully saturated rings. The molecule has 9 heteroatoms. The van der Waals surface area contributed by atoms with Crippen LogP contribution in [0.3, 0.4) is 0 Å². The molecule has 0 saturated carbocycles. The maximum atomic E-state index is 11.2. The Labute approximate surface area is 173 Å². The van der Waals surface area contributed by atoms with E-state index in [1.165, 1.54) is 0 Å². The van der Waals surface area contributed by atoms with E-state index in [1.54, 1.807) is 6.20 Å². The van der Waals surface area contributed by atoms with Gasteiger partial charge in [-0.3, -0.25) is 4.98 Å². The Morgan fingerprint density at radius 3 is 2.79 bits per heavy atom. The molecule has 1 aromatic carbocycles. The molecule has 28 heavy (non-hydrogen) atoms. The summed E-state index contributed by atoms with van der Waals surface area (Å²) >= 11 is 3.50. The first-order valence-corrected chi connectivity index (χ1v) is 11.8. The first-order chi connectivity index (χ1) is 13.3. The van der Waals surface area contributed by atoms with Gasteiger partial charge in [0.05, 0.1) is 23.0 Å². The third kappa shape index (κ3) is 4.89. The third-order valence-corrected chi connectivity index (χ3v) is 6.08. The van der Waals surface area contributed by atoms with E-state index in [0.29, 0.717) is 19.6 Å². The number of sulfonamides is 1. The lowest BCUT2D eigenvalue weighted by molar-refractivity contribution is 0.124. The van der Waals surface area contributed by atoms with Gasteiger partial charge in [-0.1, -0.05) is 22.4 Å². The largest absolute Gasteiger partial charge is 0.374 e. The Morgan fingerprint density at radius 1 is 1.29 bits per heavy atom. The van der Waals surface area contributed by atoms with Gasteiger partial charge in [0.15, 0.2) is 0 Å². The normalized spacial score (nSPS) is 13.4. The molecule has 2 heterocycles. The highest BCUT2D eigenvalue weighted by molar-refractivity contribution is 9.10. The maximum absolute atomic E-state index is 11.2. The molecule has 1 atom stereocenters. The Bertz CT molecular complexity index is 1080. The van der Waals surface area contributed by atoms with Crippen molar-refractivity contribution in [2.75, 3.05) is 12.4 Å². The molecule has 152 valence electrons. The van der Waals surface area contributed by atoms with Crippen LogP contribution in [0.4, 0.5) is 0 Å². The van der Waals surface area contributed by atoms with E-state index in [-0.39, 0.29) is 11.8 Å². The fraction of sp³-hybridized carbons (Fsp3) is 0.474. The number of hydrogen-bond acceptors (Lipinski definition) is 5.